The van der Waals surface area contributed by atoms with Crippen molar-refractivity contribution in [2.75, 3.05) is 5.32 Å². The van der Waals surface area contributed by atoms with Gasteiger partial charge in [-0.25, -0.2) is 0 Å². The van der Waals surface area contributed by atoms with Crippen molar-refractivity contribution in [2.24, 2.45) is 17.3 Å². The van der Waals surface area contributed by atoms with Crippen LogP contribution in [0.3, 0.4) is 0 Å². The molecule has 4 fully saturated rings. The molecule has 4 aliphatic rings. The van der Waals surface area contributed by atoms with Crippen molar-refractivity contribution >= 4 is 23.4 Å². The van der Waals surface area contributed by atoms with Gasteiger partial charge in [0.2, 0.25) is 5.91 Å². The van der Waals surface area contributed by atoms with Crippen molar-refractivity contribution in [3.05, 3.63) is 60.2 Å². The Bertz CT molecular complexity index is 885. The number of hydrogen-bond donors (Lipinski definition) is 1. The highest BCUT2D eigenvalue weighted by Crippen LogP contribution is 2.65. The third-order valence-corrected chi connectivity index (χ3v) is 7.99. The Balaban J connectivity index is 1.38. The van der Waals surface area contributed by atoms with E-state index in [-0.39, 0.29) is 16.7 Å². The number of benzene rings is 2. The van der Waals surface area contributed by atoms with E-state index in [1.807, 2.05) is 0 Å². The molecule has 152 valence electrons. The molecule has 0 saturated heterocycles. The number of nitrogens with one attached hydrogen (secondary N) is 1. The molecule has 2 atom stereocenters. The maximum absolute atomic E-state index is 13.5. The van der Waals surface area contributed by atoms with Gasteiger partial charge in [0, 0.05) is 10.6 Å². The van der Waals surface area contributed by atoms with Gasteiger partial charge < -0.3 is 5.32 Å². The number of halogens is 2. The van der Waals surface area contributed by atoms with Gasteiger partial charge in [0.25, 0.3) is 5.76 Å². The first-order valence-electron chi connectivity index (χ1n) is 10.4. The van der Waals surface area contributed by atoms with E-state index >= 15 is 0 Å². The van der Waals surface area contributed by atoms with Gasteiger partial charge in [-0.1, -0.05) is 42.1 Å². The summed E-state index contributed by atoms with van der Waals surface area (Å²) in [5.41, 5.74) is 1.90. The summed E-state index contributed by atoms with van der Waals surface area (Å²) in [6.07, 6.45) is 6.52. The van der Waals surface area contributed by atoms with E-state index in [2.05, 4.69) is 35.6 Å². The molecule has 4 bridgehead atoms. The number of anilines is 1. The highest BCUT2D eigenvalue weighted by Gasteiger charge is 2.60. The number of thioether (sulfide) groups is 1. The van der Waals surface area contributed by atoms with Crippen molar-refractivity contribution in [1.82, 2.24) is 0 Å². The van der Waals surface area contributed by atoms with E-state index in [0.29, 0.717) is 34.2 Å². The number of amides is 1. The summed E-state index contributed by atoms with van der Waals surface area (Å²) in [5, 5.41) is 3.11. The van der Waals surface area contributed by atoms with Crippen LogP contribution in [-0.2, 0) is 10.2 Å². The van der Waals surface area contributed by atoms with Crippen LogP contribution < -0.4 is 5.32 Å². The average Bonchev–Trinajstić information content (AvgIpc) is 2.69. The third-order valence-electron chi connectivity index (χ3n) is 7.27. The molecule has 2 aromatic rings. The van der Waals surface area contributed by atoms with Gasteiger partial charge in [-0.2, -0.15) is 8.78 Å². The van der Waals surface area contributed by atoms with E-state index < -0.39 is 5.76 Å². The van der Waals surface area contributed by atoms with Gasteiger partial charge in [0.05, 0.1) is 5.41 Å². The van der Waals surface area contributed by atoms with E-state index in [9.17, 15) is 13.6 Å². The number of hydrogen-bond acceptors (Lipinski definition) is 2. The Morgan fingerprint density at radius 2 is 1.62 bits per heavy atom. The van der Waals surface area contributed by atoms with E-state index in [4.69, 9.17) is 0 Å². The molecule has 6 rings (SSSR count). The fraction of sp³-hybridized carbons (Fsp3) is 0.458. The highest BCUT2D eigenvalue weighted by atomic mass is 32.2. The number of carbonyl (C=O) groups excluding carboxylic acids is 1. The molecule has 1 amide bonds. The molecule has 2 unspecified atom stereocenters. The Morgan fingerprint density at radius 1 is 0.966 bits per heavy atom. The average molecular weight is 414 g/mol. The zero-order chi connectivity index (χ0) is 20.1. The summed E-state index contributed by atoms with van der Waals surface area (Å²) in [6, 6.07) is 17.5. The van der Waals surface area contributed by atoms with Crippen molar-refractivity contribution < 1.29 is 13.6 Å². The number of alkyl halides is 2. The van der Waals surface area contributed by atoms with Crippen molar-refractivity contribution in [1.29, 1.82) is 0 Å². The molecule has 0 aromatic heterocycles. The lowest BCUT2D eigenvalue weighted by Gasteiger charge is -2.61. The second-order valence-corrected chi connectivity index (χ2v) is 10.3. The summed E-state index contributed by atoms with van der Waals surface area (Å²) in [4.78, 5) is 14.0. The van der Waals surface area contributed by atoms with Gasteiger partial charge in [0.1, 0.15) is 0 Å². The SMILES string of the molecule is O=C(Nc1ccc(SC(F)F)cc1)C12CC3CC(C1)CC(c1ccccc1)(C3)C2. The second kappa shape index (κ2) is 7.12. The predicted molar refractivity (Wildman–Crippen MR) is 112 cm³/mol. The van der Waals surface area contributed by atoms with Crippen LogP contribution in [0.25, 0.3) is 0 Å². The Morgan fingerprint density at radius 3 is 2.24 bits per heavy atom. The van der Waals surface area contributed by atoms with Gasteiger partial charge >= 0.3 is 0 Å². The normalized spacial score (nSPS) is 32.5. The first-order valence-corrected chi connectivity index (χ1v) is 11.3. The highest BCUT2D eigenvalue weighted by molar-refractivity contribution is 7.99. The van der Waals surface area contributed by atoms with Gasteiger partial charge in [0.15, 0.2) is 0 Å². The zero-order valence-corrected chi connectivity index (χ0v) is 17.1. The fourth-order valence-corrected chi connectivity index (χ4v) is 7.14. The number of carbonyl (C=O) groups is 1. The van der Waals surface area contributed by atoms with Crippen LogP contribution >= 0.6 is 11.8 Å². The molecule has 2 nitrogen and oxygen atoms in total. The standard InChI is InChI=1S/C24H25F2NOS/c25-22(26)29-20-8-6-19(7-9-20)27-21(28)24-13-16-10-17(14-24)12-23(11-16,15-24)18-4-2-1-3-5-18/h1-9,16-17,22H,10-15H2,(H,27,28). The second-order valence-electron chi connectivity index (χ2n) is 9.24. The van der Waals surface area contributed by atoms with Crippen LogP contribution in [0.5, 0.6) is 0 Å². The van der Waals surface area contributed by atoms with Crippen LogP contribution in [0.15, 0.2) is 59.5 Å². The fourth-order valence-electron chi connectivity index (χ4n) is 6.64. The van der Waals surface area contributed by atoms with Crippen LogP contribution in [0.4, 0.5) is 14.5 Å². The molecular weight excluding hydrogens is 388 g/mol. The lowest BCUT2D eigenvalue weighted by atomic mass is 9.42. The minimum Gasteiger partial charge on any atom is -0.326 e. The molecule has 0 heterocycles. The molecular formula is C24H25F2NOS. The van der Waals surface area contributed by atoms with E-state index in [1.54, 1.807) is 24.3 Å². The third kappa shape index (κ3) is 3.48. The first-order chi connectivity index (χ1) is 14.0. The van der Waals surface area contributed by atoms with Crippen LogP contribution in [0, 0.1) is 17.3 Å². The minimum atomic E-state index is -2.43. The largest absolute Gasteiger partial charge is 0.326 e. The lowest BCUT2D eigenvalue weighted by Crippen LogP contribution is -2.57. The van der Waals surface area contributed by atoms with Gasteiger partial charge in [-0.05, 0) is 85.6 Å². The molecule has 4 aliphatic carbocycles. The van der Waals surface area contributed by atoms with Crippen LogP contribution in [0.1, 0.15) is 44.1 Å². The summed E-state index contributed by atoms with van der Waals surface area (Å²) < 4.78 is 25.0. The van der Waals surface area contributed by atoms with Crippen molar-refractivity contribution in [3.8, 4) is 0 Å². The molecule has 29 heavy (non-hydrogen) atoms. The minimum absolute atomic E-state index is 0.112. The molecule has 2 aromatic carbocycles. The molecule has 1 N–H and O–H groups in total. The molecule has 4 saturated carbocycles. The van der Waals surface area contributed by atoms with Crippen LogP contribution in [-0.4, -0.2) is 11.7 Å². The topological polar surface area (TPSA) is 29.1 Å². The number of rotatable bonds is 5. The first kappa shape index (κ1) is 19.1. The monoisotopic (exact) mass is 413 g/mol. The lowest BCUT2D eigenvalue weighted by molar-refractivity contribution is -0.143. The summed E-state index contributed by atoms with van der Waals surface area (Å²) in [7, 11) is 0. The Kier molecular flexibility index (Phi) is 4.69. The summed E-state index contributed by atoms with van der Waals surface area (Å²) in [5.74, 6) is -1.09. The van der Waals surface area contributed by atoms with E-state index in [0.717, 1.165) is 19.3 Å². The van der Waals surface area contributed by atoms with Crippen molar-refractivity contribution in [3.63, 3.8) is 0 Å². The molecule has 0 aliphatic heterocycles. The molecule has 0 radical (unpaired) electrons. The zero-order valence-electron chi connectivity index (χ0n) is 16.2. The Hall–Kier alpha value is -1.88. The van der Waals surface area contributed by atoms with Crippen molar-refractivity contribution in [2.45, 2.75) is 54.6 Å². The Labute approximate surface area is 174 Å². The summed E-state index contributed by atoms with van der Waals surface area (Å²) in [6.45, 7) is 0. The van der Waals surface area contributed by atoms with Crippen LogP contribution in [0.2, 0.25) is 0 Å². The molecule has 5 heteroatoms. The summed E-state index contributed by atoms with van der Waals surface area (Å²) >= 11 is 0.524. The quantitative estimate of drug-likeness (QED) is 0.569. The van der Waals surface area contributed by atoms with Gasteiger partial charge in [-0.3, -0.25) is 4.79 Å². The predicted octanol–water partition coefficient (Wildman–Crippen LogP) is 6.48. The maximum atomic E-state index is 13.5. The van der Waals surface area contributed by atoms with Gasteiger partial charge in [-0.15, -0.1) is 0 Å². The van der Waals surface area contributed by atoms with E-state index in [1.165, 1.54) is 24.8 Å². The molecule has 0 spiro atoms. The smallest absolute Gasteiger partial charge is 0.288 e. The maximum Gasteiger partial charge on any atom is 0.288 e.